The lowest BCUT2D eigenvalue weighted by Gasteiger charge is -2.03. The molecule has 0 aliphatic rings. The highest BCUT2D eigenvalue weighted by molar-refractivity contribution is 7.16. The quantitative estimate of drug-likeness (QED) is 0.590. The number of aryl methyl sites for hydroxylation is 1. The van der Waals surface area contributed by atoms with Crippen LogP contribution in [0, 0.1) is 6.92 Å². The Hall–Kier alpha value is -3.04. The average molecular weight is 400 g/mol. The van der Waals surface area contributed by atoms with Crippen LogP contribution < -0.4 is 16.4 Å². The number of hydrogen-bond donors (Lipinski definition) is 3. The summed E-state index contributed by atoms with van der Waals surface area (Å²) in [6.45, 7) is 1.82. The molecule has 3 amide bonds. The van der Waals surface area contributed by atoms with Crippen molar-refractivity contribution in [3.8, 4) is 0 Å². The van der Waals surface area contributed by atoms with E-state index >= 15 is 0 Å². The molecule has 27 heavy (non-hydrogen) atoms. The molecule has 7 nitrogen and oxygen atoms in total. The van der Waals surface area contributed by atoms with Gasteiger partial charge in [0.25, 0.3) is 11.8 Å². The lowest BCUT2D eigenvalue weighted by Crippen LogP contribution is -2.17. The van der Waals surface area contributed by atoms with Crippen molar-refractivity contribution < 1.29 is 14.4 Å². The van der Waals surface area contributed by atoms with Gasteiger partial charge in [-0.25, -0.2) is 4.98 Å². The molecule has 138 valence electrons. The highest BCUT2D eigenvalue weighted by atomic mass is 32.1. The molecule has 0 radical (unpaired) electrons. The molecule has 1 aromatic carbocycles. The van der Waals surface area contributed by atoms with Crippen LogP contribution in [0.1, 0.15) is 31.3 Å². The SMILES string of the molecule is Cc1cc(C(N)=O)c(NC(=O)c2csc(NC(=O)Cc3ccccc3)n2)s1. The number of nitrogens with zero attached hydrogens (tertiary/aromatic N) is 1. The molecule has 0 saturated heterocycles. The van der Waals surface area contributed by atoms with Crippen molar-refractivity contribution in [1.29, 1.82) is 0 Å². The third-order valence-corrected chi connectivity index (χ3v) is 5.26. The Bertz CT molecular complexity index is 995. The molecule has 2 heterocycles. The van der Waals surface area contributed by atoms with E-state index < -0.39 is 11.8 Å². The summed E-state index contributed by atoms with van der Waals surface area (Å²) >= 11 is 2.41. The lowest BCUT2D eigenvalue weighted by molar-refractivity contribution is -0.115. The van der Waals surface area contributed by atoms with Crippen molar-refractivity contribution in [1.82, 2.24) is 4.98 Å². The van der Waals surface area contributed by atoms with Gasteiger partial charge in [0.05, 0.1) is 12.0 Å². The number of nitrogens with one attached hydrogen (secondary N) is 2. The number of thiophene rings is 1. The maximum atomic E-state index is 12.4. The van der Waals surface area contributed by atoms with Gasteiger partial charge in [0.2, 0.25) is 5.91 Å². The number of rotatable bonds is 6. The van der Waals surface area contributed by atoms with Gasteiger partial charge in [-0.05, 0) is 18.6 Å². The molecule has 4 N–H and O–H groups in total. The number of aromatic nitrogens is 1. The van der Waals surface area contributed by atoms with Crippen LogP contribution in [0.4, 0.5) is 10.1 Å². The van der Waals surface area contributed by atoms with Crippen LogP contribution in [0.2, 0.25) is 0 Å². The smallest absolute Gasteiger partial charge is 0.275 e. The van der Waals surface area contributed by atoms with E-state index in [4.69, 9.17) is 5.73 Å². The summed E-state index contributed by atoms with van der Waals surface area (Å²) in [7, 11) is 0. The normalized spacial score (nSPS) is 10.4. The monoisotopic (exact) mass is 400 g/mol. The van der Waals surface area contributed by atoms with E-state index in [1.807, 2.05) is 37.3 Å². The zero-order chi connectivity index (χ0) is 19.4. The Morgan fingerprint density at radius 3 is 2.59 bits per heavy atom. The summed E-state index contributed by atoms with van der Waals surface area (Å²) in [6.07, 6.45) is 0.221. The fraction of sp³-hybridized carbons (Fsp3) is 0.111. The summed E-state index contributed by atoms with van der Waals surface area (Å²) in [6, 6.07) is 11.0. The first-order valence-electron chi connectivity index (χ1n) is 7.93. The maximum absolute atomic E-state index is 12.4. The summed E-state index contributed by atoms with van der Waals surface area (Å²) in [4.78, 5) is 40.9. The second kappa shape index (κ2) is 8.11. The van der Waals surface area contributed by atoms with Gasteiger partial charge in [-0.15, -0.1) is 22.7 Å². The van der Waals surface area contributed by atoms with Crippen LogP contribution in [-0.4, -0.2) is 22.7 Å². The topological polar surface area (TPSA) is 114 Å². The zero-order valence-electron chi connectivity index (χ0n) is 14.3. The van der Waals surface area contributed by atoms with Gasteiger partial charge in [-0.2, -0.15) is 0 Å². The molecule has 0 atom stereocenters. The van der Waals surface area contributed by atoms with Crippen LogP contribution in [-0.2, 0) is 11.2 Å². The zero-order valence-corrected chi connectivity index (χ0v) is 15.9. The first kappa shape index (κ1) is 18.7. The fourth-order valence-electron chi connectivity index (χ4n) is 2.34. The van der Waals surface area contributed by atoms with Crippen molar-refractivity contribution in [2.45, 2.75) is 13.3 Å². The number of primary amides is 1. The molecule has 0 fully saturated rings. The van der Waals surface area contributed by atoms with Gasteiger partial charge in [0.15, 0.2) is 5.13 Å². The molecule has 2 aromatic heterocycles. The molecular formula is C18H16N4O3S2. The minimum absolute atomic E-state index is 0.150. The standard InChI is InChI=1S/C18H16N4O3S2/c1-10-7-12(15(19)24)17(27-10)22-16(25)13-9-26-18(20-13)21-14(23)8-11-5-3-2-4-6-11/h2-7,9H,8H2,1H3,(H2,19,24)(H,22,25)(H,20,21,23). The number of nitrogens with two attached hydrogens (primary N) is 1. The number of amides is 3. The second-order valence-electron chi connectivity index (χ2n) is 5.67. The Morgan fingerprint density at radius 2 is 1.89 bits per heavy atom. The van der Waals surface area contributed by atoms with Crippen molar-refractivity contribution in [2.24, 2.45) is 5.73 Å². The number of thiazole rings is 1. The molecule has 0 aliphatic heterocycles. The van der Waals surface area contributed by atoms with Crippen LogP contribution in [0.25, 0.3) is 0 Å². The van der Waals surface area contributed by atoms with Gasteiger partial charge < -0.3 is 16.4 Å². The predicted octanol–water partition coefficient (Wildman–Crippen LogP) is 3.05. The van der Waals surface area contributed by atoms with Gasteiger partial charge in [0, 0.05) is 10.3 Å². The number of carbonyl (C=O) groups excluding carboxylic acids is 3. The number of carbonyl (C=O) groups is 3. The lowest BCUT2D eigenvalue weighted by atomic mass is 10.1. The summed E-state index contributed by atoms with van der Waals surface area (Å²) < 4.78 is 0. The molecule has 3 rings (SSSR count). The fourth-order valence-corrected chi connectivity index (χ4v) is 3.96. The van der Waals surface area contributed by atoms with Gasteiger partial charge in [-0.3, -0.25) is 14.4 Å². The van der Waals surface area contributed by atoms with E-state index in [9.17, 15) is 14.4 Å². The summed E-state index contributed by atoms with van der Waals surface area (Å²) in [5.41, 5.74) is 6.62. The van der Waals surface area contributed by atoms with Gasteiger partial charge >= 0.3 is 0 Å². The largest absolute Gasteiger partial charge is 0.366 e. The van der Waals surface area contributed by atoms with E-state index in [-0.39, 0.29) is 23.6 Å². The van der Waals surface area contributed by atoms with Crippen molar-refractivity contribution in [3.63, 3.8) is 0 Å². The highest BCUT2D eigenvalue weighted by Gasteiger charge is 2.18. The highest BCUT2D eigenvalue weighted by Crippen LogP contribution is 2.28. The minimum atomic E-state index is -0.609. The third-order valence-electron chi connectivity index (χ3n) is 3.54. The number of anilines is 2. The minimum Gasteiger partial charge on any atom is -0.366 e. The summed E-state index contributed by atoms with van der Waals surface area (Å²) in [5, 5.41) is 7.58. The first-order chi connectivity index (χ1) is 12.9. The Labute approximate surface area is 163 Å². The van der Waals surface area contributed by atoms with Crippen LogP contribution in [0.15, 0.2) is 41.8 Å². The number of benzene rings is 1. The van der Waals surface area contributed by atoms with Gasteiger partial charge in [0.1, 0.15) is 10.7 Å². The van der Waals surface area contributed by atoms with E-state index in [1.165, 1.54) is 16.7 Å². The second-order valence-corrected chi connectivity index (χ2v) is 7.78. The molecule has 3 aromatic rings. The Morgan fingerprint density at radius 1 is 1.15 bits per heavy atom. The van der Waals surface area contributed by atoms with Crippen LogP contribution in [0.5, 0.6) is 0 Å². The molecular weight excluding hydrogens is 384 g/mol. The molecule has 0 saturated carbocycles. The average Bonchev–Trinajstić information content (AvgIpc) is 3.22. The van der Waals surface area contributed by atoms with Crippen LogP contribution >= 0.6 is 22.7 Å². The van der Waals surface area contributed by atoms with Crippen molar-refractivity contribution >= 4 is 50.5 Å². The first-order valence-corrected chi connectivity index (χ1v) is 9.63. The molecule has 0 spiro atoms. The van der Waals surface area contributed by atoms with E-state index in [0.717, 1.165) is 21.8 Å². The molecule has 0 aliphatic carbocycles. The summed E-state index contributed by atoms with van der Waals surface area (Å²) in [5.74, 6) is -1.30. The van der Waals surface area contributed by atoms with Crippen molar-refractivity contribution in [2.75, 3.05) is 10.6 Å². The van der Waals surface area contributed by atoms with Crippen LogP contribution in [0.3, 0.4) is 0 Å². The predicted molar refractivity (Wildman–Crippen MR) is 106 cm³/mol. The molecule has 9 heteroatoms. The van der Waals surface area contributed by atoms with E-state index in [2.05, 4.69) is 15.6 Å². The molecule has 0 bridgehead atoms. The number of hydrogen-bond acceptors (Lipinski definition) is 6. The van der Waals surface area contributed by atoms with Crippen molar-refractivity contribution in [3.05, 3.63) is 63.5 Å². The Kier molecular flexibility index (Phi) is 5.63. The molecule has 0 unspecified atom stereocenters. The van der Waals surface area contributed by atoms with E-state index in [0.29, 0.717) is 10.1 Å². The van der Waals surface area contributed by atoms with Gasteiger partial charge in [-0.1, -0.05) is 30.3 Å². The maximum Gasteiger partial charge on any atom is 0.275 e. The Balaban J connectivity index is 1.64. The third kappa shape index (κ3) is 4.78. The van der Waals surface area contributed by atoms with E-state index in [1.54, 1.807) is 6.07 Å².